The number of nitrogens with two attached hydrogens (primary N) is 1. The van der Waals surface area contributed by atoms with E-state index in [1.54, 1.807) is 12.4 Å². The zero-order valence-electron chi connectivity index (χ0n) is 10.2. The first-order valence-corrected chi connectivity index (χ1v) is 5.89. The molecule has 94 valence electrons. The largest absolute Gasteiger partial charge is 0.399 e. The Morgan fingerprint density at radius 3 is 2.74 bits per heavy atom. The van der Waals surface area contributed by atoms with Crippen LogP contribution in [-0.4, -0.2) is 15.1 Å². The number of rotatable bonds is 3. The minimum atomic E-state index is 0.483. The van der Waals surface area contributed by atoms with Gasteiger partial charge in [-0.15, -0.1) is 0 Å². The van der Waals surface area contributed by atoms with Crippen molar-refractivity contribution in [2.45, 2.75) is 6.42 Å². The number of pyridine rings is 1. The molecule has 19 heavy (non-hydrogen) atoms. The fourth-order valence-electron chi connectivity index (χ4n) is 1.80. The number of benzene rings is 1. The Kier molecular flexibility index (Phi) is 2.94. The summed E-state index contributed by atoms with van der Waals surface area (Å²) < 4.78 is 5.25. The summed E-state index contributed by atoms with van der Waals surface area (Å²) in [6.07, 6.45) is 4.11. The van der Waals surface area contributed by atoms with Crippen molar-refractivity contribution in [2.75, 3.05) is 5.73 Å². The Morgan fingerprint density at radius 1 is 1.11 bits per heavy atom. The van der Waals surface area contributed by atoms with E-state index in [2.05, 4.69) is 15.1 Å². The van der Waals surface area contributed by atoms with Gasteiger partial charge in [0.2, 0.25) is 0 Å². The van der Waals surface area contributed by atoms with E-state index in [1.165, 1.54) is 0 Å². The molecule has 0 aliphatic heterocycles. The van der Waals surface area contributed by atoms with Gasteiger partial charge in [-0.3, -0.25) is 4.98 Å². The molecular formula is C14H12N4O. The second-order valence-corrected chi connectivity index (χ2v) is 4.17. The summed E-state index contributed by atoms with van der Waals surface area (Å²) >= 11 is 0. The lowest BCUT2D eigenvalue weighted by Gasteiger charge is -1.95. The van der Waals surface area contributed by atoms with E-state index < -0.39 is 0 Å². The molecule has 0 radical (unpaired) electrons. The molecule has 0 saturated carbocycles. The van der Waals surface area contributed by atoms with E-state index in [9.17, 15) is 0 Å². The van der Waals surface area contributed by atoms with E-state index in [1.807, 2.05) is 36.4 Å². The highest BCUT2D eigenvalue weighted by molar-refractivity contribution is 5.59. The van der Waals surface area contributed by atoms with Crippen LogP contribution >= 0.6 is 0 Å². The third-order valence-electron chi connectivity index (χ3n) is 2.71. The zero-order chi connectivity index (χ0) is 13.1. The van der Waals surface area contributed by atoms with Crippen LogP contribution in [0, 0.1) is 0 Å². The van der Waals surface area contributed by atoms with Gasteiger partial charge in [0.1, 0.15) is 0 Å². The third-order valence-corrected chi connectivity index (χ3v) is 2.71. The van der Waals surface area contributed by atoms with Gasteiger partial charge < -0.3 is 10.3 Å². The maximum atomic E-state index is 5.73. The van der Waals surface area contributed by atoms with Crippen molar-refractivity contribution < 1.29 is 4.52 Å². The first-order chi connectivity index (χ1) is 9.31. The highest BCUT2D eigenvalue weighted by Crippen LogP contribution is 2.20. The van der Waals surface area contributed by atoms with Gasteiger partial charge in [-0.05, 0) is 35.9 Å². The summed E-state index contributed by atoms with van der Waals surface area (Å²) in [5.41, 5.74) is 8.32. The molecule has 2 aromatic heterocycles. The van der Waals surface area contributed by atoms with Crippen LogP contribution in [0.5, 0.6) is 0 Å². The van der Waals surface area contributed by atoms with Gasteiger partial charge >= 0.3 is 0 Å². The fourth-order valence-corrected chi connectivity index (χ4v) is 1.80. The van der Waals surface area contributed by atoms with Crippen molar-refractivity contribution in [2.24, 2.45) is 0 Å². The number of aromatic nitrogens is 3. The lowest BCUT2D eigenvalue weighted by Crippen LogP contribution is -1.91. The summed E-state index contributed by atoms with van der Waals surface area (Å²) in [5.74, 6) is 1.12. The molecule has 0 bridgehead atoms. The van der Waals surface area contributed by atoms with Gasteiger partial charge in [0, 0.05) is 30.1 Å². The van der Waals surface area contributed by atoms with Crippen LogP contribution in [0.3, 0.4) is 0 Å². The summed E-state index contributed by atoms with van der Waals surface area (Å²) in [5, 5.41) is 3.97. The molecule has 3 rings (SSSR count). The predicted octanol–water partition coefficient (Wildman–Crippen LogP) is 2.30. The third kappa shape index (κ3) is 2.60. The molecule has 0 spiro atoms. The van der Waals surface area contributed by atoms with E-state index in [-0.39, 0.29) is 0 Å². The second-order valence-electron chi connectivity index (χ2n) is 4.17. The zero-order valence-corrected chi connectivity index (χ0v) is 10.2. The quantitative estimate of drug-likeness (QED) is 0.724. The van der Waals surface area contributed by atoms with E-state index in [4.69, 9.17) is 10.3 Å². The topological polar surface area (TPSA) is 77.8 Å². The lowest BCUT2D eigenvalue weighted by atomic mass is 10.2. The average molecular weight is 252 g/mol. The van der Waals surface area contributed by atoms with Crippen LogP contribution < -0.4 is 5.73 Å². The first-order valence-electron chi connectivity index (χ1n) is 5.89. The molecule has 2 heterocycles. The molecule has 0 unspecified atom stereocenters. The molecule has 1 aromatic carbocycles. The Hall–Kier alpha value is -2.69. The summed E-state index contributed by atoms with van der Waals surface area (Å²) in [6, 6.07) is 11.2. The highest BCUT2D eigenvalue weighted by atomic mass is 16.5. The number of nitrogens with zero attached hydrogens (tertiary/aromatic N) is 3. The van der Waals surface area contributed by atoms with Crippen molar-refractivity contribution in [1.29, 1.82) is 0 Å². The van der Waals surface area contributed by atoms with Gasteiger partial charge in [-0.2, -0.15) is 4.98 Å². The molecule has 3 aromatic rings. The number of nitrogen functional groups attached to an aromatic ring is 1. The van der Waals surface area contributed by atoms with Crippen LogP contribution in [0.25, 0.3) is 11.5 Å². The number of anilines is 1. The number of hydrogen-bond acceptors (Lipinski definition) is 5. The van der Waals surface area contributed by atoms with Gasteiger partial charge in [-0.25, -0.2) is 0 Å². The Balaban J connectivity index is 1.84. The van der Waals surface area contributed by atoms with Crippen LogP contribution in [0.2, 0.25) is 0 Å². The van der Waals surface area contributed by atoms with E-state index in [0.717, 1.165) is 11.1 Å². The minimum absolute atomic E-state index is 0.483. The van der Waals surface area contributed by atoms with Crippen LogP contribution in [0.4, 0.5) is 5.69 Å². The monoisotopic (exact) mass is 252 g/mol. The minimum Gasteiger partial charge on any atom is -0.399 e. The molecule has 5 nitrogen and oxygen atoms in total. The average Bonchev–Trinajstić information content (AvgIpc) is 2.88. The first kappa shape index (κ1) is 11.4. The molecule has 5 heteroatoms. The smallest absolute Gasteiger partial charge is 0.258 e. The lowest BCUT2D eigenvalue weighted by molar-refractivity contribution is 0.424. The van der Waals surface area contributed by atoms with Crippen molar-refractivity contribution in [1.82, 2.24) is 15.1 Å². The van der Waals surface area contributed by atoms with Gasteiger partial charge in [0.15, 0.2) is 5.82 Å². The molecule has 0 saturated heterocycles. The molecule has 0 aliphatic rings. The van der Waals surface area contributed by atoms with Crippen molar-refractivity contribution in [3.05, 3.63) is 60.2 Å². The van der Waals surface area contributed by atoms with E-state index >= 15 is 0 Å². The fraction of sp³-hybridized carbons (Fsp3) is 0.0714. The predicted molar refractivity (Wildman–Crippen MR) is 71.2 cm³/mol. The summed E-state index contributed by atoms with van der Waals surface area (Å²) in [6.45, 7) is 0. The molecule has 0 aliphatic carbocycles. The summed E-state index contributed by atoms with van der Waals surface area (Å²) in [7, 11) is 0. The second kappa shape index (κ2) is 4.89. The standard InChI is InChI=1S/C14H12N4O/c15-12-3-1-2-11(9-12)14-17-13(18-19-14)8-10-4-6-16-7-5-10/h1-7,9H,8,15H2. The highest BCUT2D eigenvalue weighted by Gasteiger charge is 2.09. The van der Waals surface area contributed by atoms with E-state index in [0.29, 0.717) is 23.8 Å². The van der Waals surface area contributed by atoms with Crippen LogP contribution in [0.1, 0.15) is 11.4 Å². The maximum Gasteiger partial charge on any atom is 0.258 e. The van der Waals surface area contributed by atoms with Crippen molar-refractivity contribution >= 4 is 5.69 Å². The Morgan fingerprint density at radius 2 is 1.95 bits per heavy atom. The SMILES string of the molecule is Nc1cccc(-c2nc(Cc3ccncc3)no2)c1. The molecule has 0 fully saturated rings. The van der Waals surface area contributed by atoms with Gasteiger partial charge in [0.25, 0.3) is 5.89 Å². The van der Waals surface area contributed by atoms with Crippen molar-refractivity contribution in [3.63, 3.8) is 0 Å². The van der Waals surface area contributed by atoms with Crippen LogP contribution in [0.15, 0.2) is 53.3 Å². The Bertz CT molecular complexity index is 679. The normalized spacial score (nSPS) is 10.5. The molecule has 0 atom stereocenters. The molecular weight excluding hydrogens is 240 g/mol. The van der Waals surface area contributed by atoms with Gasteiger partial charge in [-0.1, -0.05) is 11.2 Å². The van der Waals surface area contributed by atoms with Crippen LogP contribution in [-0.2, 0) is 6.42 Å². The summed E-state index contributed by atoms with van der Waals surface area (Å²) in [4.78, 5) is 8.33. The maximum absolute atomic E-state index is 5.73. The molecule has 0 amide bonds. The van der Waals surface area contributed by atoms with Gasteiger partial charge in [0.05, 0.1) is 0 Å². The molecule has 2 N–H and O–H groups in total. The van der Waals surface area contributed by atoms with Crippen molar-refractivity contribution in [3.8, 4) is 11.5 Å². The number of hydrogen-bond donors (Lipinski definition) is 1. The Labute approximate surface area is 110 Å².